The minimum atomic E-state index is 0. The first-order valence-corrected chi connectivity index (χ1v) is 6.70. The summed E-state index contributed by atoms with van der Waals surface area (Å²) < 4.78 is 5.34. The lowest BCUT2D eigenvalue weighted by molar-refractivity contribution is 0.237. The van der Waals surface area contributed by atoms with E-state index in [1.165, 1.54) is 37.7 Å². The summed E-state index contributed by atoms with van der Waals surface area (Å²) in [6.45, 7) is 3.22. The third-order valence-corrected chi connectivity index (χ3v) is 3.84. The second-order valence-electron chi connectivity index (χ2n) is 4.91. The van der Waals surface area contributed by atoms with Crippen molar-refractivity contribution in [3.8, 4) is 5.75 Å². The Morgan fingerprint density at radius 1 is 1.22 bits per heavy atom. The molecule has 0 amide bonds. The average Bonchev–Trinajstić information content (AvgIpc) is 2.40. The van der Waals surface area contributed by atoms with Crippen molar-refractivity contribution in [3.05, 3.63) is 29.8 Å². The summed E-state index contributed by atoms with van der Waals surface area (Å²) in [5.41, 5.74) is 1.57. The molecule has 0 bridgehead atoms. The zero-order chi connectivity index (χ0) is 12.1. The molecule has 18 heavy (non-hydrogen) atoms. The Bertz CT molecular complexity index is 356. The standard InChI is InChI=1S/C15H23NO.ClH/c1-3-16-15(10-5-4-6-11-15)13-8-7-9-14(12-13)17-2;/h7-9,12,16H,3-6,10-11H2,1-2H3;1H. The maximum absolute atomic E-state index is 5.34. The van der Waals surface area contributed by atoms with Crippen LogP contribution in [0.5, 0.6) is 5.75 Å². The van der Waals surface area contributed by atoms with Gasteiger partial charge in [0.2, 0.25) is 0 Å². The van der Waals surface area contributed by atoms with Gasteiger partial charge >= 0.3 is 0 Å². The highest BCUT2D eigenvalue weighted by Gasteiger charge is 2.32. The van der Waals surface area contributed by atoms with Crippen LogP contribution in [0.3, 0.4) is 0 Å². The van der Waals surface area contributed by atoms with Gasteiger partial charge in [0.1, 0.15) is 5.75 Å². The lowest BCUT2D eigenvalue weighted by atomic mass is 9.76. The van der Waals surface area contributed by atoms with Crippen LogP contribution < -0.4 is 10.1 Å². The fourth-order valence-electron chi connectivity index (χ4n) is 2.98. The monoisotopic (exact) mass is 269 g/mol. The van der Waals surface area contributed by atoms with Crippen LogP contribution in [0.2, 0.25) is 0 Å². The summed E-state index contributed by atoms with van der Waals surface area (Å²) in [6.07, 6.45) is 6.51. The minimum Gasteiger partial charge on any atom is -0.497 e. The van der Waals surface area contributed by atoms with Crippen LogP contribution in [-0.4, -0.2) is 13.7 Å². The number of methoxy groups -OCH3 is 1. The number of hydrogen-bond donors (Lipinski definition) is 1. The second-order valence-corrected chi connectivity index (χ2v) is 4.91. The molecular formula is C15H24ClNO. The van der Waals surface area contributed by atoms with Gasteiger partial charge in [-0.1, -0.05) is 38.3 Å². The Labute approximate surface area is 117 Å². The molecule has 2 rings (SSSR count). The first kappa shape index (κ1) is 15.3. The molecule has 0 saturated heterocycles. The van der Waals surface area contributed by atoms with Crippen LogP contribution in [0.1, 0.15) is 44.6 Å². The Balaban J connectivity index is 0.00000162. The van der Waals surface area contributed by atoms with Gasteiger partial charge in [-0.2, -0.15) is 0 Å². The van der Waals surface area contributed by atoms with E-state index in [0.29, 0.717) is 0 Å². The number of rotatable bonds is 4. The van der Waals surface area contributed by atoms with E-state index in [2.05, 4.69) is 30.4 Å². The molecule has 0 aliphatic heterocycles. The van der Waals surface area contributed by atoms with Crippen LogP contribution >= 0.6 is 12.4 Å². The van der Waals surface area contributed by atoms with E-state index in [0.717, 1.165) is 12.3 Å². The average molecular weight is 270 g/mol. The van der Waals surface area contributed by atoms with Crippen molar-refractivity contribution in [2.24, 2.45) is 0 Å². The van der Waals surface area contributed by atoms with E-state index in [9.17, 15) is 0 Å². The van der Waals surface area contributed by atoms with Crippen LogP contribution in [-0.2, 0) is 5.54 Å². The lowest BCUT2D eigenvalue weighted by Gasteiger charge is -2.39. The second kappa shape index (κ2) is 7.01. The Morgan fingerprint density at radius 2 is 1.94 bits per heavy atom. The zero-order valence-corrected chi connectivity index (χ0v) is 12.2. The molecule has 0 unspecified atom stereocenters. The van der Waals surface area contributed by atoms with Crippen molar-refractivity contribution in [1.82, 2.24) is 5.32 Å². The van der Waals surface area contributed by atoms with E-state index < -0.39 is 0 Å². The highest BCUT2D eigenvalue weighted by Crippen LogP contribution is 2.38. The molecule has 0 aromatic heterocycles. The van der Waals surface area contributed by atoms with Gasteiger partial charge in [0.15, 0.2) is 0 Å². The number of benzene rings is 1. The van der Waals surface area contributed by atoms with Crippen molar-refractivity contribution in [2.45, 2.75) is 44.6 Å². The summed E-state index contributed by atoms with van der Waals surface area (Å²) in [6, 6.07) is 8.54. The van der Waals surface area contributed by atoms with Crippen LogP contribution in [0, 0.1) is 0 Å². The molecule has 1 aliphatic carbocycles. The maximum Gasteiger partial charge on any atom is 0.119 e. The van der Waals surface area contributed by atoms with Crippen molar-refractivity contribution in [1.29, 1.82) is 0 Å². The molecule has 2 nitrogen and oxygen atoms in total. The summed E-state index contributed by atoms with van der Waals surface area (Å²) in [4.78, 5) is 0. The smallest absolute Gasteiger partial charge is 0.119 e. The van der Waals surface area contributed by atoms with E-state index in [1.54, 1.807) is 7.11 Å². The molecule has 1 fully saturated rings. The molecule has 1 aromatic rings. The third kappa shape index (κ3) is 3.18. The topological polar surface area (TPSA) is 21.3 Å². The van der Waals surface area contributed by atoms with E-state index >= 15 is 0 Å². The number of halogens is 1. The molecule has 1 saturated carbocycles. The molecule has 1 aliphatic rings. The van der Waals surface area contributed by atoms with Crippen LogP contribution in [0.25, 0.3) is 0 Å². The van der Waals surface area contributed by atoms with Crippen molar-refractivity contribution in [3.63, 3.8) is 0 Å². The highest BCUT2D eigenvalue weighted by molar-refractivity contribution is 5.85. The van der Waals surface area contributed by atoms with Crippen molar-refractivity contribution in [2.75, 3.05) is 13.7 Å². The minimum absolute atomic E-state index is 0. The number of ether oxygens (including phenoxy) is 1. The molecule has 3 heteroatoms. The first-order chi connectivity index (χ1) is 8.30. The summed E-state index contributed by atoms with van der Waals surface area (Å²) in [5.74, 6) is 0.963. The molecule has 102 valence electrons. The van der Waals surface area contributed by atoms with Crippen LogP contribution in [0.15, 0.2) is 24.3 Å². The molecule has 1 aromatic carbocycles. The first-order valence-electron chi connectivity index (χ1n) is 6.70. The molecule has 0 atom stereocenters. The van der Waals surface area contributed by atoms with Crippen LogP contribution in [0.4, 0.5) is 0 Å². The van der Waals surface area contributed by atoms with Gasteiger partial charge < -0.3 is 10.1 Å². The Morgan fingerprint density at radius 3 is 2.56 bits per heavy atom. The predicted octanol–water partition coefficient (Wildman–Crippen LogP) is 3.89. The van der Waals surface area contributed by atoms with Gasteiger partial charge in [0.05, 0.1) is 7.11 Å². The summed E-state index contributed by atoms with van der Waals surface area (Å²) >= 11 is 0. The van der Waals surface area contributed by atoms with Gasteiger partial charge in [0, 0.05) is 5.54 Å². The molecule has 1 N–H and O–H groups in total. The number of nitrogens with one attached hydrogen (secondary N) is 1. The maximum atomic E-state index is 5.34. The highest BCUT2D eigenvalue weighted by atomic mass is 35.5. The summed E-state index contributed by atoms with van der Waals surface area (Å²) in [7, 11) is 1.74. The van der Waals surface area contributed by atoms with Crippen molar-refractivity contribution >= 4 is 12.4 Å². The molecule has 0 heterocycles. The van der Waals surface area contributed by atoms with E-state index in [-0.39, 0.29) is 17.9 Å². The largest absolute Gasteiger partial charge is 0.497 e. The Hall–Kier alpha value is -0.730. The SMILES string of the molecule is CCNC1(c2cccc(OC)c2)CCCCC1.Cl. The van der Waals surface area contributed by atoms with Gasteiger partial charge in [-0.25, -0.2) is 0 Å². The Kier molecular flexibility index (Phi) is 5.97. The molecule has 0 spiro atoms. The summed E-state index contributed by atoms with van der Waals surface area (Å²) in [5, 5.41) is 3.71. The number of hydrogen-bond acceptors (Lipinski definition) is 2. The fraction of sp³-hybridized carbons (Fsp3) is 0.600. The molecule has 0 radical (unpaired) electrons. The van der Waals surface area contributed by atoms with E-state index in [1.807, 2.05) is 6.07 Å². The molecular weight excluding hydrogens is 246 g/mol. The normalized spacial score (nSPS) is 17.9. The van der Waals surface area contributed by atoms with Gasteiger partial charge in [-0.3, -0.25) is 0 Å². The van der Waals surface area contributed by atoms with Crippen molar-refractivity contribution < 1.29 is 4.74 Å². The fourth-order valence-corrected chi connectivity index (χ4v) is 2.98. The van der Waals surface area contributed by atoms with Gasteiger partial charge in [0.25, 0.3) is 0 Å². The van der Waals surface area contributed by atoms with Gasteiger partial charge in [-0.15, -0.1) is 12.4 Å². The zero-order valence-electron chi connectivity index (χ0n) is 11.4. The lowest BCUT2D eigenvalue weighted by Crippen LogP contribution is -2.43. The van der Waals surface area contributed by atoms with E-state index in [4.69, 9.17) is 4.74 Å². The predicted molar refractivity (Wildman–Crippen MR) is 78.7 cm³/mol. The van der Waals surface area contributed by atoms with Gasteiger partial charge in [-0.05, 0) is 37.1 Å². The third-order valence-electron chi connectivity index (χ3n) is 3.84. The quantitative estimate of drug-likeness (QED) is 0.896.